The minimum Gasteiger partial charge on any atom is -0.478 e. The van der Waals surface area contributed by atoms with Gasteiger partial charge in [-0.25, -0.2) is 4.79 Å². The van der Waals surface area contributed by atoms with Crippen LogP contribution in [0.4, 0.5) is 0 Å². The summed E-state index contributed by atoms with van der Waals surface area (Å²) in [5.74, 6) is -1.03. The van der Waals surface area contributed by atoms with Crippen molar-refractivity contribution in [2.24, 2.45) is 0 Å². The lowest BCUT2D eigenvalue weighted by Crippen LogP contribution is -2.01. The first kappa shape index (κ1) is 6.71. The van der Waals surface area contributed by atoms with Crippen molar-refractivity contribution >= 4 is 11.6 Å². The van der Waals surface area contributed by atoms with E-state index in [-0.39, 0.29) is 11.2 Å². The molecule has 2 aromatic heterocycles. The highest BCUT2D eigenvalue weighted by Crippen LogP contribution is 2.04. The van der Waals surface area contributed by atoms with E-state index in [1.54, 1.807) is 0 Å². The Morgan fingerprint density at radius 2 is 2.42 bits per heavy atom. The number of hydrogen-bond donors (Lipinski definition) is 1. The Kier molecular flexibility index (Phi) is 1.26. The third kappa shape index (κ3) is 0.815. The van der Waals surface area contributed by atoms with Gasteiger partial charge in [-0.1, -0.05) is 0 Å². The molecule has 2 rings (SSSR count). The third-order valence-electron chi connectivity index (χ3n) is 1.43. The molecule has 0 saturated carbocycles. The molecule has 0 aliphatic heterocycles. The van der Waals surface area contributed by atoms with E-state index in [1.807, 2.05) is 0 Å². The van der Waals surface area contributed by atoms with Crippen LogP contribution in [0.15, 0.2) is 18.6 Å². The van der Waals surface area contributed by atoms with E-state index in [0.717, 1.165) is 0 Å². The second kappa shape index (κ2) is 2.26. The van der Waals surface area contributed by atoms with Crippen molar-refractivity contribution in [2.45, 2.75) is 0 Å². The molecular formula is C6H4N4O2. The number of fused-ring (bicyclic) bond motifs is 1. The van der Waals surface area contributed by atoms with Crippen LogP contribution in [-0.4, -0.2) is 30.9 Å². The minimum atomic E-state index is -1.03. The Bertz CT molecular complexity index is 436. The normalized spacial score (nSPS) is 10.3. The van der Waals surface area contributed by atoms with Gasteiger partial charge in [0, 0.05) is 6.20 Å². The SMILES string of the molecule is O=C(O)c1ccnn2cnnc12. The topological polar surface area (TPSA) is 80.4 Å². The summed E-state index contributed by atoms with van der Waals surface area (Å²) in [4.78, 5) is 10.6. The first-order valence-electron chi connectivity index (χ1n) is 3.17. The van der Waals surface area contributed by atoms with E-state index in [1.165, 1.54) is 23.1 Å². The van der Waals surface area contributed by atoms with Gasteiger partial charge in [0.1, 0.15) is 11.9 Å². The zero-order chi connectivity index (χ0) is 8.55. The van der Waals surface area contributed by atoms with Crippen molar-refractivity contribution in [3.8, 4) is 0 Å². The molecule has 0 amide bonds. The second-order valence-electron chi connectivity index (χ2n) is 2.15. The fourth-order valence-corrected chi connectivity index (χ4v) is 0.913. The van der Waals surface area contributed by atoms with Gasteiger partial charge in [0.15, 0.2) is 5.65 Å². The number of aromatic nitrogens is 4. The average molecular weight is 164 g/mol. The number of aromatic carboxylic acids is 1. The smallest absolute Gasteiger partial charge is 0.339 e. The monoisotopic (exact) mass is 164 g/mol. The molecule has 6 nitrogen and oxygen atoms in total. The largest absolute Gasteiger partial charge is 0.478 e. The molecule has 1 N–H and O–H groups in total. The number of rotatable bonds is 1. The number of hydrogen-bond acceptors (Lipinski definition) is 4. The molecule has 2 aromatic rings. The molecule has 6 heteroatoms. The Morgan fingerprint density at radius 1 is 1.58 bits per heavy atom. The Morgan fingerprint density at radius 3 is 3.17 bits per heavy atom. The fourth-order valence-electron chi connectivity index (χ4n) is 0.913. The zero-order valence-corrected chi connectivity index (χ0v) is 5.88. The van der Waals surface area contributed by atoms with Crippen LogP contribution in [0.2, 0.25) is 0 Å². The maximum absolute atomic E-state index is 10.6. The van der Waals surface area contributed by atoms with Crippen LogP contribution in [-0.2, 0) is 0 Å². The number of carbonyl (C=O) groups is 1. The van der Waals surface area contributed by atoms with Crippen LogP contribution in [0.1, 0.15) is 10.4 Å². The predicted molar refractivity (Wildman–Crippen MR) is 37.7 cm³/mol. The highest BCUT2D eigenvalue weighted by molar-refractivity contribution is 5.93. The van der Waals surface area contributed by atoms with Gasteiger partial charge in [-0.15, -0.1) is 10.2 Å². The molecule has 0 atom stereocenters. The molecule has 0 bridgehead atoms. The van der Waals surface area contributed by atoms with Crippen LogP contribution in [0.3, 0.4) is 0 Å². The summed E-state index contributed by atoms with van der Waals surface area (Å²) in [7, 11) is 0. The maximum atomic E-state index is 10.6. The average Bonchev–Trinajstić information content (AvgIpc) is 2.49. The van der Waals surface area contributed by atoms with Crippen LogP contribution in [0, 0.1) is 0 Å². The molecule has 0 aliphatic carbocycles. The van der Waals surface area contributed by atoms with E-state index in [2.05, 4.69) is 15.3 Å². The van der Waals surface area contributed by atoms with Crippen LogP contribution < -0.4 is 0 Å². The molecular weight excluding hydrogens is 160 g/mol. The van der Waals surface area contributed by atoms with Gasteiger partial charge in [-0.3, -0.25) is 0 Å². The van der Waals surface area contributed by atoms with Crippen molar-refractivity contribution < 1.29 is 9.90 Å². The van der Waals surface area contributed by atoms with Crippen molar-refractivity contribution in [1.82, 2.24) is 19.8 Å². The van der Waals surface area contributed by atoms with E-state index >= 15 is 0 Å². The molecule has 0 spiro atoms. The minimum absolute atomic E-state index is 0.0995. The summed E-state index contributed by atoms with van der Waals surface area (Å²) in [6.07, 6.45) is 2.74. The van der Waals surface area contributed by atoms with E-state index < -0.39 is 5.97 Å². The molecule has 0 fully saturated rings. The van der Waals surface area contributed by atoms with Crippen LogP contribution >= 0.6 is 0 Å². The lowest BCUT2D eigenvalue weighted by Gasteiger charge is -1.93. The quantitative estimate of drug-likeness (QED) is 0.632. The van der Waals surface area contributed by atoms with Gasteiger partial charge in [-0.05, 0) is 6.07 Å². The molecule has 0 unspecified atom stereocenters. The number of carboxylic acids is 1. The Balaban J connectivity index is 2.82. The van der Waals surface area contributed by atoms with Gasteiger partial charge in [-0.2, -0.15) is 9.61 Å². The first-order valence-corrected chi connectivity index (χ1v) is 3.17. The predicted octanol–water partition coefficient (Wildman–Crippen LogP) is -0.178. The molecule has 0 aromatic carbocycles. The van der Waals surface area contributed by atoms with Gasteiger partial charge in [0.05, 0.1) is 0 Å². The van der Waals surface area contributed by atoms with Crippen molar-refractivity contribution in [1.29, 1.82) is 0 Å². The van der Waals surface area contributed by atoms with Crippen molar-refractivity contribution in [3.05, 3.63) is 24.2 Å². The summed E-state index contributed by atoms with van der Waals surface area (Å²) in [5.41, 5.74) is 0.354. The van der Waals surface area contributed by atoms with E-state index in [9.17, 15) is 4.79 Å². The third-order valence-corrected chi connectivity index (χ3v) is 1.43. The maximum Gasteiger partial charge on any atom is 0.339 e. The van der Waals surface area contributed by atoms with Crippen molar-refractivity contribution in [2.75, 3.05) is 0 Å². The standard InChI is InChI=1S/C6H4N4O2/c11-6(12)4-1-2-8-10-3-7-9-5(4)10/h1-3H,(H,11,12). The second-order valence-corrected chi connectivity index (χ2v) is 2.15. The Labute approximate surface area is 66.5 Å². The summed E-state index contributed by atoms with van der Waals surface area (Å²) < 4.78 is 1.31. The van der Waals surface area contributed by atoms with Gasteiger partial charge in [0.25, 0.3) is 0 Å². The summed E-state index contributed by atoms with van der Waals surface area (Å²) >= 11 is 0. The first-order chi connectivity index (χ1) is 5.79. The zero-order valence-electron chi connectivity index (χ0n) is 5.88. The van der Waals surface area contributed by atoms with Gasteiger partial charge >= 0.3 is 5.97 Å². The number of nitrogens with zero attached hydrogens (tertiary/aromatic N) is 4. The highest BCUT2D eigenvalue weighted by atomic mass is 16.4. The van der Waals surface area contributed by atoms with Gasteiger partial charge in [0.2, 0.25) is 0 Å². The Hall–Kier alpha value is -1.98. The molecule has 60 valence electrons. The van der Waals surface area contributed by atoms with E-state index in [4.69, 9.17) is 5.11 Å². The lowest BCUT2D eigenvalue weighted by atomic mass is 10.3. The molecule has 2 heterocycles. The van der Waals surface area contributed by atoms with Crippen LogP contribution in [0.25, 0.3) is 5.65 Å². The van der Waals surface area contributed by atoms with Gasteiger partial charge < -0.3 is 5.11 Å². The molecule has 0 radical (unpaired) electrons. The molecule has 0 aliphatic rings. The summed E-state index contributed by atoms with van der Waals surface area (Å²) in [5, 5.41) is 19.6. The summed E-state index contributed by atoms with van der Waals surface area (Å²) in [6.45, 7) is 0. The van der Waals surface area contributed by atoms with Crippen molar-refractivity contribution in [3.63, 3.8) is 0 Å². The van der Waals surface area contributed by atoms with E-state index in [0.29, 0.717) is 0 Å². The lowest BCUT2D eigenvalue weighted by molar-refractivity contribution is 0.0698. The highest BCUT2D eigenvalue weighted by Gasteiger charge is 2.09. The molecule has 12 heavy (non-hydrogen) atoms. The number of carboxylic acid groups (broad SMARTS) is 1. The fraction of sp³-hybridized carbons (Fsp3) is 0. The van der Waals surface area contributed by atoms with Crippen LogP contribution in [0.5, 0.6) is 0 Å². The summed E-state index contributed by atoms with van der Waals surface area (Å²) in [6, 6.07) is 1.38. The molecule has 0 saturated heterocycles.